The van der Waals surface area contributed by atoms with Gasteiger partial charge in [-0.05, 0) is 42.2 Å². The number of nitrogens with one attached hydrogen (secondary N) is 1. The fourth-order valence-electron chi connectivity index (χ4n) is 2.93. The number of nitrogens with zero attached hydrogens (tertiary/aromatic N) is 2. The van der Waals surface area contributed by atoms with Gasteiger partial charge in [0.15, 0.2) is 0 Å². The largest absolute Gasteiger partial charge is 0.489 e. The zero-order chi connectivity index (χ0) is 20.6. The molecule has 0 radical (unpaired) electrons. The van der Waals surface area contributed by atoms with Crippen molar-refractivity contribution in [1.29, 1.82) is 0 Å². The summed E-state index contributed by atoms with van der Waals surface area (Å²) in [5.41, 5.74) is 2.72. The van der Waals surface area contributed by atoms with E-state index in [0.717, 1.165) is 16.9 Å². The van der Waals surface area contributed by atoms with Crippen LogP contribution in [0.1, 0.15) is 25.8 Å². The van der Waals surface area contributed by atoms with E-state index in [1.807, 2.05) is 68.4 Å². The summed E-state index contributed by atoms with van der Waals surface area (Å²) in [7, 11) is 0. The average Bonchev–Trinajstić information content (AvgIpc) is 2.73. The second-order valence-corrected chi connectivity index (χ2v) is 7.25. The standard InChI is InChI=1S/C23H25N3O3/c1-16(2)12-21(23(27)28)26-22-13-20(24-15-25-22)18-8-10-19(11-9-18)29-14-17-6-4-3-5-7-17/h3-11,13,15-16,21H,12,14H2,1-2H3,(H,27,28)(H,24,25,26). The Morgan fingerprint density at radius 1 is 1.07 bits per heavy atom. The summed E-state index contributed by atoms with van der Waals surface area (Å²) in [6.45, 7) is 4.49. The highest BCUT2D eigenvalue weighted by Gasteiger charge is 2.19. The molecular weight excluding hydrogens is 366 g/mol. The van der Waals surface area contributed by atoms with Crippen LogP contribution in [-0.4, -0.2) is 27.1 Å². The average molecular weight is 391 g/mol. The molecule has 3 rings (SSSR count). The summed E-state index contributed by atoms with van der Waals surface area (Å²) in [5.74, 6) is 0.632. The van der Waals surface area contributed by atoms with E-state index in [2.05, 4.69) is 15.3 Å². The topological polar surface area (TPSA) is 84.3 Å². The zero-order valence-electron chi connectivity index (χ0n) is 16.6. The first-order valence-corrected chi connectivity index (χ1v) is 9.60. The predicted molar refractivity (Wildman–Crippen MR) is 113 cm³/mol. The number of hydrogen-bond donors (Lipinski definition) is 2. The van der Waals surface area contributed by atoms with Gasteiger partial charge in [0, 0.05) is 11.6 Å². The maximum Gasteiger partial charge on any atom is 0.326 e. The van der Waals surface area contributed by atoms with Gasteiger partial charge in [-0.1, -0.05) is 44.2 Å². The number of aromatic nitrogens is 2. The van der Waals surface area contributed by atoms with Crippen molar-refractivity contribution in [3.05, 3.63) is 72.6 Å². The van der Waals surface area contributed by atoms with E-state index >= 15 is 0 Å². The minimum Gasteiger partial charge on any atom is -0.489 e. The molecule has 6 nitrogen and oxygen atoms in total. The Morgan fingerprint density at radius 2 is 1.79 bits per heavy atom. The number of anilines is 1. The van der Waals surface area contributed by atoms with Crippen molar-refractivity contribution >= 4 is 11.8 Å². The summed E-state index contributed by atoms with van der Waals surface area (Å²) in [6, 6.07) is 18.7. The Kier molecular flexibility index (Phi) is 6.79. The van der Waals surface area contributed by atoms with E-state index in [1.165, 1.54) is 6.33 Å². The molecule has 0 saturated carbocycles. The van der Waals surface area contributed by atoms with Crippen molar-refractivity contribution in [3.8, 4) is 17.0 Å². The lowest BCUT2D eigenvalue weighted by Gasteiger charge is -2.17. The normalized spacial score (nSPS) is 11.8. The lowest BCUT2D eigenvalue weighted by Crippen LogP contribution is -2.31. The molecule has 0 aliphatic carbocycles. The first-order valence-electron chi connectivity index (χ1n) is 9.60. The van der Waals surface area contributed by atoms with Crippen LogP contribution in [0.3, 0.4) is 0 Å². The predicted octanol–water partition coefficient (Wildman–Crippen LogP) is 4.63. The summed E-state index contributed by atoms with van der Waals surface area (Å²) in [5, 5.41) is 12.4. The second-order valence-electron chi connectivity index (χ2n) is 7.25. The molecule has 0 aliphatic rings. The summed E-state index contributed by atoms with van der Waals surface area (Å²) < 4.78 is 5.81. The molecule has 0 aliphatic heterocycles. The smallest absolute Gasteiger partial charge is 0.326 e. The Hall–Kier alpha value is -3.41. The van der Waals surface area contributed by atoms with Crippen LogP contribution in [0.15, 0.2) is 67.0 Å². The van der Waals surface area contributed by atoms with Crippen molar-refractivity contribution in [2.75, 3.05) is 5.32 Å². The molecule has 29 heavy (non-hydrogen) atoms. The van der Waals surface area contributed by atoms with Gasteiger partial charge < -0.3 is 15.2 Å². The Bertz CT molecular complexity index is 928. The Morgan fingerprint density at radius 3 is 2.45 bits per heavy atom. The highest BCUT2D eigenvalue weighted by molar-refractivity contribution is 5.77. The van der Waals surface area contributed by atoms with Gasteiger partial charge in [-0.3, -0.25) is 0 Å². The van der Waals surface area contributed by atoms with Gasteiger partial charge in [-0.2, -0.15) is 0 Å². The number of ether oxygens (including phenoxy) is 1. The van der Waals surface area contributed by atoms with Crippen molar-refractivity contribution in [1.82, 2.24) is 9.97 Å². The van der Waals surface area contributed by atoms with Gasteiger partial charge in [0.05, 0.1) is 5.69 Å². The molecule has 1 aromatic heterocycles. The number of benzene rings is 2. The van der Waals surface area contributed by atoms with Crippen LogP contribution in [0.2, 0.25) is 0 Å². The molecule has 150 valence electrons. The first-order chi connectivity index (χ1) is 14.0. The molecule has 0 saturated heterocycles. The van der Waals surface area contributed by atoms with E-state index in [9.17, 15) is 9.90 Å². The third-order valence-corrected chi connectivity index (χ3v) is 4.39. The fraction of sp³-hybridized carbons (Fsp3) is 0.261. The van der Waals surface area contributed by atoms with Crippen molar-refractivity contribution < 1.29 is 14.6 Å². The van der Waals surface area contributed by atoms with Crippen molar-refractivity contribution in [2.45, 2.75) is 32.9 Å². The maximum atomic E-state index is 11.5. The number of rotatable bonds is 9. The second kappa shape index (κ2) is 9.68. The first kappa shape index (κ1) is 20.3. The molecule has 0 amide bonds. The molecule has 6 heteroatoms. The molecule has 0 bridgehead atoms. The molecule has 1 unspecified atom stereocenters. The number of aliphatic carboxylic acids is 1. The molecular formula is C23H25N3O3. The van der Waals surface area contributed by atoms with E-state index in [-0.39, 0.29) is 5.92 Å². The number of carboxylic acid groups (broad SMARTS) is 1. The number of carboxylic acids is 1. The SMILES string of the molecule is CC(C)CC(Nc1cc(-c2ccc(OCc3ccccc3)cc2)ncn1)C(=O)O. The summed E-state index contributed by atoms with van der Waals surface area (Å²) in [6.07, 6.45) is 1.95. The zero-order valence-corrected chi connectivity index (χ0v) is 16.6. The summed E-state index contributed by atoms with van der Waals surface area (Å²) in [4.78, 5) is 19.9. The molecule has 2 aromatic carbocycles. The lowest BCUT2D eigenvalue weighted by atomic mass is 10.0. The number of carbonyl (C=O) groups is 1. The van der Waals surface area contributed by atoms with Crippen LogP contribution >= 0.6 is 0 Å². The van der Waals surface area contributed by atoms with Crippen LogP contribution in [0, 0.1) is 5.92 Å². The highest BCUT2D eigenvalue weighted by atomic mass is 16.5. The van der Waals surface area contributed by atoms with Gasteiger partial charge in [0.2, 0.25) is 0 Å². The van der Waals surface area contributed by atoms with Crippen LogP contribution in [-0.2, 0) is 11.4 Å². The van der Waals surface area contributed by atoms with Gasteiger partial charge in [-0.25, -0.2) is 14.8 Å². The van der Waals surface area contributed by atoms with E-state index < -0.39 is 12.0 Å². The Labute approximate surface area is 170 Å². The quantitative estimate of drug-likeness (QED) is 0.553. The van der Waals surface area contributed by atoms with Gasteiger partial charge >= 0.3 is 5.97 Å². The summed E-state index contributed by atoms with van der Waals surface area (Å²) >= 11 is 0. The molecule has 0 fully saturated rings. The van der Waals surface area contributed by atoms with Gasteiger partial charge in [0.1, 0.15) is 30.5 Å². The number of hydrogen-bond acceptors (Lipinski definition) is 5. The molecule has 1 heterocycles. The Balaban J connectivity index is 1.67. The minimum absolute atomic E-state index is 0.258. The monoisotopic (exact) mass is 391 g/mol. The van der Waals surface area contributed by atoms with E-state index in [4.69, 9.17) is 4.74 Å². The minimum atomic E-state index is -0.890. The third kappa shape index (κ3) is 6.04. The van der Waals surface area contributed by atoms with Crippen LogP contribution in [0.4, 0.5) is 5.82 Å². The van der Waals surface area contributed by atoms with Crippen LogP contribution in [0.25, 0.3) is 11.3 Å². The van der Waals surface area contributed by atoms with Crippen LogP contribution < -0.4 is 10.1 Å². The molecule has 0 spiro atoms. The van der Waals surface area contributed by atoms with E-state index in [0.29, 0.717) is 24.5 Å². The third-order valence-electron chi connectivity index (χ3n) is 4.39. The maximum absolute atomic E-state index is 11.5. The van der Waals surface area contributed by atoms with Crippen molar-refractivity contribution in [3.63, 3.8) is 0 Å². The fourth-order valence-corrected chi connectivity index (χ4v) is 2.93. The molecule has 1 atom stereocenters. The lowest BCUT2D eigenvalue weighted by molar-refractivity contribution is -0.138. The molecule has 3 aromatic rings. The highest BCUT2D eigenvalue weighted by Crippen LogP contribution is 2.23. The van der Waals surface area contributed by atoms with Gasteiger partial charge in [-0.15, -0.1) is 0 Å². The van der Waals surface area contributed by atoms with Crippen molar-refractivity contribution in [2.24, 2.45) is 5.92 Å². The van der Waals surface area contributed by atoms with E-state index in [1.54, 1.807) is 6.07 Å². The van der Waals surface area contributed by atoms with Gasteiger partial charge in [0.25, 0.3) is 0 Å². The molecule has 2 N–H and O–H groups in total. The van der Waals surface area contributed by atoms with Crippen LogP contribution in [0.5, 0.6) is 5.75 Å².